The van der Waals surface area contributed by atoms with Crippen molar-refractivity contribution in [2.24, 2.45) is 0 Å². The normalized spacial score (nSPS) is 15.9. The van der Waals surface area contributed by atoms with E-state index in [2.05, 4.69) is 22.0 Å². The number of nitrogens with zero attached hydrogens (tertiary/aromatic N) is 3. The first kappa shape index (κ1) is 24.2. The molecule has 33 heavy (non-hydrogen) atoms. The molecule has 176 valence electrons. The average Bonchev–Trinajstić information content (AvgIpc) is 3.25. The second-order valence-corrected chi connectivity index (χ2v) is 7.63. The summed E-state index contributed by atoms with van der Waals surface area (Å²) < 4.78 is 37.1. The number of aliphatic carboxylic acids is 1. The molecule has 1 aliphatic rings. The summed E-state index contributed by atoms with van der Waals surface area (Å²) >= 11 is 0. The number of hydrogen-bond donors (Lipinski definition) is 2. The second kappa shape index (κ2) is 10.5. The molecule has 0 bridgehead atoms. The summed E-state index contributed by atoms with van der Waals surface area (Å²) in [5.74, 6) is -1.05. The van der Waals surface area contributed by atoms with E-state index in [-0.39, 0.29) is 0 Å². The molecule has 1 aliphatic heterocycles. The number of alkyl halides is 3. The first-order chi connectivity index (χ1) is 15.6. The molecule has 2 heterocycles. The average molecular weight is 463 g/mol. The third kappa shape index (κ3) is 6.55. The molecular formula is C23H24F3N3O4. The van der Waals surface area contributed by atoms with E-state index in [9.17, 15) is 18.3 Å². The molecule has 4 rings (SSSR count). The summed E-state index contributed by atoms with van der Waals surface area (Å²) in [4.78, 5) is 15.9. The number of halogens is 3. The predicted octanol–water partition coefficient (Wildman–Crippen LogP) is 4.63. The number of hydrogen-bond acceptors (Lipinski definition) is 6. The second-order valence-electron chi connectivity index (χ2n) is 7.63. The summed E-state index contributed by atoms with van der Waals surface area (Å²) in [7, 11) is 0. The van der Waals surface area contributed by atoms with Gasteiger partial charge in [0.1, 0.15) is 5.75 Å². The van der Waals surface area contributed by atoms with Gasteiger partial charge in [0, 0.05) is 24.6 Å². The van der Waals surface area contributed by atoms with Crippen LogP contribution in [-0.4, -0.2) is 50.5 Å². The SMILES string of the molecule is CC1c2ccc(O)cc2CCN1CCCc1nc(-c2ccccc2)no1.O=C(O)C(F)(F)F. The van der Waals surface area contributed by atoms with Crippen molar-refractivity contribution in [2.75, 3.05) is 13.1 Å². The summed E-state index contributed by atoms with van der Waals surface area (Å²) in [6.07, 6.45) is -2.34. The number of phenolic OH excluding ortho intramolecular Hbond substituents is 1. The zero-order valence-electron chi connectivity index (χ0n) is 17.9. The maximum Gasteiger partial charge on any atom is 0.490 e. The number of benzene rings is 2. The minimum atomic E-state index is -5.08. The third-order valence-corrected chi connectivity index (χ3v) is 5.37. The molecule has 0 spiro atoms. The Morgan fingerprint density at radius 1 is 1.21 bits per heavy atom. The van der Waals surface area contributed by atoms with Gasteiger partial charge in [-0.3, -0.25) is 4.90 Å². The molecule has 1 unspecified atom stereocenters. The number of fused-ring (bicyclic) bond motifs is 1. The van der Waals surface area contributed by atoms with Gasteiger partial charge < -0.3 is 14.7 Å². The van der Waals surface area contributed by atoms with Crippen molar-refractivity contribution >= 4 is 5.97 Å². The first-order valence-electron chi connectivity index (χ1n) is 10.4. The Kier molecular flexibility index (Phi) is 7.70. The zero-order chi connectivity index (χ0) is 24.0. The van der Waals surface area contributed by atoms with E-state index in [1.165, 1.54) is 11.1 Å². The summed E-state index contributed by atoms with van der Waals surface area (Å²) in [5.41, 5.74) is 3.56. The van der Waals surface area contributed by atoms with Crippen molar-refractivity contribution in [3.05, 3.63) is 65.5 Å². The molecule has 0 radical (unpaired) electrons. The lowest BCUT2D eigenvalue weighted by atomic mass is 9.93. The third-order valence-electron chi connectivity index (χ3n) is 5.37. The Morgan fingerprint density at radius 3 is 2.58 bits per heavy atom. The zero-order valence-corrected chi connectivity index (χ0v) is 17.9. The van der Waals surface area contributed by atoms with E-state index in [1.807, 2.05) is 42.5 Å². The maximum atomic E-state index is 10.6. The summed E-state index contributed by atoms with van der Waals surface area (Å²) in [6, 6.07) is 16.0. The van der Waals surface area contributed by atoms with Gasteiger partial charge in [0.25, 0.3) is 0 Å². The van der Waals surface area contributed by atoms with Crippen LogP contribution in [0.1, 0.15) is 36.4 Å². The van der Waals surface area contributed by atoms with Crippen LogP contribution in [0, 0.1) is 0 Å². The predicted molar refractivity (Wildman–Crippen MR) is 114 cm³/mol. The van der Waals surface area contributed by atoms with E-state index >= 15 is 0 Å². The minimum absolute atomic E-state index is 0.356. The van der Waals surface area contributed by atoms with E-state index in [1.54, 1.807) is 6.07 Å². The molecule has 10 heteroatoms. The summed E-state index contributed by atoms with van der Waals surface area (Å²) in [6.45, 7) is 4.23. The van der Waals surface area contributed by atoms with Gasteiger partial charge >= 0.3 is 12.1 Å². The Morgan fingerprint density at radius 2 is 1.91 bits per heavy atom. The molecule has 0 amide bonds. The van der Waals surface area contributed by atoms with Gasteiger partial charge in [-0.05, 0) is 49.6 Å². The van der Waals surface area contributed by atoms with Crippen LogP contribution in [-0.2, 0) is 17.6 Å². The molecule has 2 aromatic carbocycles. The van der Waals surface area contributed by atoms with Gasteiger partial charge in [0.2, 0.25) is 11.7 Å². The van der Waals surface area contributed by atoms with E-state index in [0.717, 1.165) is 37.9 Å². The van der Waals surface area contributed by atoms with Crippen LogP contribution in [0.3, 0.4) is 0 Å². The Bertz CT molecular complexity index is 1070. The number of carboxylic acids is 1. The van der Waals surface area contributed by atoms with Crippen LogP contribution in [0.4, 0.5) is 13.2 Å². The van der Waals surface area contributed by atoms with Crippen molar-refractivity contribution in [1.82, 2.24) is 15.0 Å². The van der Waals surface area contributed by atoms with Gasteiger partial charge in [0.15, 0.2) is 0 Å². The van der Waals surface area contributed by atoms with Crippen LogP contribution in [0.15, 0.2) is 53.1 Å². The lowest BCUT2D eigenvalue weighted by Gasteiger charge is -2.35. The lowest BCUT2D eigenvalue weighted by molar-refractivity contribution is -0.192. The number of phenols is 1. The highest BCUT2D eigenvalue weighted by molar-refractivity contribution is 5.73. The largest absolute Gasteiger partial charge is 0.508 e. The topological polar surface area (TPSA) is 99.7 Å². The van der Waals surface area contributed by atoms with Crippen LogP contribution in [0.2, 0.25) is 0 Å². The molecule has 3 aromatic rings. The molecule has 1 aromatic heterocycles. The first-order valence-corrected chi connectivity index (χ1v) is 10.4. The number of aromatic hydroxyl groups is 1. The van der Waals surface area contributed by atoms with Gasteiger partial charge in [-0.1, -0.05) is 41.6 Å². The lowest BCUT2D eigenvalue weighted by Crippen LogP contribution is -2.34. The summed E-state index contributed by atoms with van der Waals surface area (Å²) in [5, 5.41) is 20.9. The molecule has 1 atom stereocenters. The quantitative estimate of drug-likeness (QED) is 0.569. The standard InChI is InChI=1S/C21H23N3O2.C2HF3O2/c1-15-19-10-9-18(25)14-17(19)11-13-24(15)12-5-8-20-22-21(23-26-20)16-6-3-2-4-7-16;3-2(4,5)1(6)7/h2-4,6-7,9-10,14-15,25H,5,8,11-13H2,1H3;(H,6,7). The smallest absolute Gasteiger partial charge is 0.490 e. The van der Waals surface area contributed by atoms with E-state index < -0.39 is 12.1 Å². The van der Waals surface area contributed by atoms with Gasteiger partial charge in [-0.15, -0.1) is 0 Å². The van der Waals surface area contributed by atoms with Crippen LogP contribution >= 0.6 is 0 Å². The number of carbonyl (C=O) groups is 1. The maximum absolute atomic E-state index is 10.6. The Hall–Kier alpha value is -3.40. The number of rotatable bonds is 5. The molecule has 0 aliphatic carbocycles. The monoisotopic (exact) mass is 463 g/mol. The van der Waals surface area contributed by atoms with E-state index in [0.29, 0.717) is 23.5 Å². The van der Waals surface area contributed by atoms with Crippen molar-refractivity contribution < 1.29 is 32.7 Å². The van der Waals surface area contributed by atoms with E-state index in [4.69, 9.17) is 14.4 Å². The Balaban J connectivity index is 0.000000383. The fourth-order valence-electron chi connectivity index (χ4n) is 3.67. The molecule has 0 fully saturated rings. The molecule has 2 N–H and O–H groups in total. The van der Waals surface area contributed by atoms with Crippen molar-refractivity contribution in [2.45, 2.75) is 38.4 Å². The van der Waals surface area contributed by atoms with Crippen molar-refractivity contribution in [3.8, 4) is 17.1 Å². The molecule has 0 saturated carbocycles. The molecule has 0 saturated heterocycles. The van der Waals surface area contributed by atoms with Gasteiger partial charge in [0.05, 0.1) is 0 Å². The highest BCUT2D eigenvalue weighted by atomic mass is 19.4. The highest BCUT2D eigenvalue weighted by Gasteiger charge is 2.38. The highest BCUT2D eigenvalue weighted by Crippen LogP contribution is 2.31. The van der Waals surface area contributed by atoms with Crippen LogP contribution in [0.5, 0.6) is 5.75 Å². The Labute approximate surface area is 188 Å². The number of aromatic nitrogens is 2. The van der Waals surface area contributed by atoms with Crippen molar-refractivity contribution in [3.63, 3.8) is 0 Å². The van der Waals surface area contributed by atoms with Gasteiger partial charge in [-0.25, -0.2) is 4.79 Å². The number of carboxylic acid groups (broad SMARTS) is 1. The fraction of sp³-hybridized carbons (Fsp3) is 0.348. The van der Waals surface area contributed by atoms with Crippen LogP contribution in [0.25, 0.3) is 11.4 Å². The van der Waals surface area contributed by atoms with Gasteiger partial charge in [-0.2, -0.15) is 18.2 Å². The molecular weight excluding hydrogens is 439 g/mol. The fourth-order valence-corrected chi connectivity index (χ4v) is 3.67. The molecule has 7 nitrogen and oxygen atoms in total. The number of aryl methyl sites for hydroxylation is 1. The van der Waals surface area contributed by atoms with Crippen LogP contribution < -0.4 is 0 Å². The van der Waals surface area contributed by atoms with Crippen molar-refractivity contribution in [1.29, 1.82) is 0 Å². The minimum Gasteiger partial charge on any atom is -0.508 e.